The summed E-state index contributed by atoms with van der Waals surface area (Å²) < 4.78 is 5.40. The molecule has 0 aromatic heterocycles. The third-order valence-corrected chi connectivity index (χ3v) is 4.36. The fourth-order valence-corrected chi connectivity index (χ4v) is 2.83. The highest BCUT2D eigenvalue weighted by Crippen LogP contribution is 2.29. The second-order valence-corrected chi connectivity index (χ2v) is 5.66. The summed E-state index contributed by atoms with van der Waals surface area (Å²) in [5.74, 6) is 0.710. The van der Waals surface area contributed by atoms with Crippen LogP contribution in [-0.4, -0.2) is 18.6 Å². The number of esters is 1. The minimum absolute atomic E-state index is 0.0890. The molecule has 3 rings (SSSR count). The largest absolute Gasteiger partial charge is 0.465 e. The molecule has 102 valence electrons. The number of fused-ring (bicyclic) bond motifs is 1. The SMILES string of the molecule is O=C(OCCC1CCC1)[C@@H]1Cc2ccccc2CN1. The van der Waals surface area contributed by atoms with Crippen LogP contribution in [0.25, 0.3) is 0 Å². The summed E-state index contributed by atoms with van der Waals surface area (Å²) in [7, 11) is 0. The molecule has 0 amide bonds. The first-order chi connectivity index (χ1) is 9.33. The van der Waals surface area contributed by atoms with Crippen molar-refractivity contribution in [2.24, 2.45) is 5.92 Å². The Morgan fingerprint density at radius 2 is 2.05 bits per heavy atom. The highest BCUT2D eigenvalue weighted by Gasteiger charge is 2.25. The Morgan fingerprint density at radius 3 is 2.79 bits per heavy atom. The van der Waals surface area contributed by atoms with Gasteiger partial charge in [-0.15, -0.1) is 0 Å². The van der Waals surface area contributed by atoms with Gasteiger partial charge in [0.25, 0.3) is 0 Å². The van der Waals surface area contributed by atoms with Crippen LogP contribution in [0.3, 0.4) is 0 Å². The maximum Gasteiger partial charge on any atom is 0.323 e. The van der Waals surface area contributed by atoms with Crippen LogP contribution in [-0.2, 0) is 22.5 Å². The number of hydrogen-bond donors (Lipinski definition) is 1. The zero-order chi connectivity index (χ0) is 13.1. The van der Waals surface area contributed by atoms with E-state index in [0.717, 1.165) is 25.3 Å². The summed E-state index contributed by atoms with van der Waals surface area (Å²) in [5, 5.41) is 3.27. The molecule has 0 unspecified atom stereocenters. The van der Waals surface area contributed by atoms with E-state index in [9.17, 15) is 4.79 Å². The normalized spacial score (nSPS) is 22.4. The molecular formula is C16H21NO2. The quantitative estimate of drug-likeness (QED) is 0.844. The lowest BCUT2D eigenvalue weighted by Crippen LogP contribution is -2.42. The zero-order valence-electron chi connectivity index (χ0n) is 11.2. The predicted octanol–water partition coefficient (Wildman–Crippen LogP) is 2.43. The molecule has 19 heavy (non-hydrogen) atoms. The Balaban J connectivity index is 1.48. The number of carbonyl (C=O) groups excluding carboxylic acids is 1. The van der Waals surface area contributed by atoms with Crippen molar-refractivity contribution < 1.29 is 9.53 Å². The van der Waals surface area contributed by atoms with Gasteiger partial charge in [0.15, 0.2) is 0 Å². The van der Waals surface area contributed by atoms with E-state index in [1.165, 1.54) is 30.4 Å². The molecule has 1 saturated carbocycles. The standard InChI is InChI=1S/C16H21NO2/c18-16(19-9-8-12-4-3-5-12)15-10-13-6-1-2-7-14(13)11-17-15/h1-2,6-7,12,15,17H,3-5,8-11H2/t15-/m0/s1. The third-order valence-electron chi connectivity index (χ3n) is 4.36. The summed E-state index contributed by atoms with van der Waals surface area (Å²) in [5.41, 5.74) is 2.56. The molecule has 1 atom stereocenters. The number of hydrogen-bond acceptors (Lipinski definition) is 3. The third kappa shape index (κ3) is 2.98. The zero-order valence-corrected chi connectivity index (χ0v) is 11.2. The Kier molecular flexibility index (Phi) is 3.83. The minimum Gasteiger partial charge on any atom is -0.465 e. The van der Waals surface area contributed by atoms with Gasteiger partial charge in [-0.25, -0.2) is 0 Å². The van der Waals surface area contributed by atoms with Crippen molar-refractivity contribution in [3.63, 3.8) is 0 Å². The molecule has 2 aliphatic rings. The van der Waals surface area contributed by atoms with Crippen molar-refractivity contribution in [2.75, 3.05) is 6.61 Å². The van der Waals surface area contributed by atoms with Crippen LogP contribution in [0.15, 0.2) is 24.3 Å². The van der Waals surface area contributed by atoms with Crippen LogP contribution in [0.4, 0.5) is 0 Å². The van der Waals surface area contributed by atoms with Gasteiger partial charge >= 0.3 is 5.97 Å². The highest BCUT2D eigenvalue weighted by molar-refractivity contribution is 5.76. The number of rotatable bonds is 4. The van der Waals surface area contributed by atoms with E-state index in [2.05, 4.69) is 17.4 Å². The molecule has 1 fully saturated rings. The molecule has 0 spiro atoms. The summed E-state index contributed by atoms with van der Waals surface area (Å²) >= 11 is 0. The van der Waals surface area contributed by atoms with Gasteiger partial charge in [-0.1, -0.05) is 43.5 Å². The number of benzene rings is 1. The van der Waals surface area contributed by atoms with E-state index in [0.29, 0.717) is 6.61 Å². The summed E-state index contributed by atoms with van der Waals surface area (Å²) in [6, 6.07) is 8.11. The molecule has 1 heterocycles. The smallest absolute Gasteiger partial charge is 0.323 e. The Hall–Kier alpha value is -1.35. The summed E-state index contributed by atoms with van der Waals surface area (Å²) in [4.78, 5) is 12.0. The number of ether oxygens (including phenoxy) is 1. The molecule has 1 aliphatic heterocycles. The molecule has 3 nitrogen and oxygen atoms in total. The first kappa shape index (κ1) is 12.7. The van der Waals surface area contributed by atoms with Crippen molar-refractivity contribution in [1.82, 2.24) is 5.32 Å². The fraction of sp³-hybridized carbons (Fsp3) is 0.562. The average Bonchev–Trinajstić information content (AvgIpc) is 2.40. The Morgan fingerprint density at radius 1 is 1.26 bits per heavy atom. The van der Waals surface area contributed by atoms with E-state index in [1.807, 2.05) is 12.1 Å². The first-order valence-electron chi connectivity index (χ1n) is 7.30. The molecule has 1 aromatic rings. The lowest BCUT2D eigenvalue weighted by Gasteiger charge is -2.27. The van der Waals surface area contributed by atoms with Crippen molar-refractivity contribution in [2.45, 2.75) is 44.7 Å². The van der Waals surface area contributed by atoms with Gasteiger partial charge in [-0.2, -0.15) is 0 Å². The van der Waals surface area contributed by atoms with Crippen molar-refractivity contribution in [3.8, 4) is 0 Å². The average molecular weight is 259 g/mol. The van der Waals surface area contributed by atoms with Crippen LogP contribution in [0.1, 0.15) is 36.8 Å². The van der Waals surface area contributed by atoms with E-state index >= 15 is 0 Å². The number of carbonyl (C=O) groups is 1. The van der Waals surface area contributed by atoms with Crippen molar-refractivity contribution in [3.05, 3.63) is 35.4 Å². The van der Waals surface area contributed by atoms with E-state index in [-0.39, 0.29) is 12.0 Å². The van der Waals surface area contributed by atoms with Gasteiger partial charge in [0.05, 0.1) is 6.61 Å². The topological polar surface area (TPSA) is 38.3 Å². The second kappa shape index (κ2) is 5.74. The fourth-order valence-electron chi connectivity index (χ4n) is 2.83. The molecule has 1 N–H and O–H groups in total. The Labute approximate surface area is 114 Å². The number of nitrogens with one attached hydrogen (secondary N) is 1. The lowest BCUT2D eigenvalue weighted by molar-refractivity contribution is -0.146. The maximum absolute atomic E-state index is 12.0. The van der Waals surface area contributed by atoms with Gasteiger partial charge < -0.3 is 10.1 Å². The highest BCUT2D eigenvalue weighted by atomic mass is 16.5. The van der Waals surface area contributed by atoms with Crippen LogP contribution in [0, 0.1) is 5.92 Å². The molecule has 1 aromatic carbocycles. The van der Waals surface area contributed by atoms with Gasteiger partial charge in [0.2, 0.25) is 0 Å². The Bertz CT molecular complexity index is 454. The summed E-state index contributed by atoms with van der Waals surface area (Å²) in [6.45, 7) is 1.35. The van der Waals surface area contributed by atoms with Gasteiger partial charge in [0.1, 0.15) is 6.04 Å². The maximum atomic E-state index is 12.0. The van der Waals surface area contributed by atoms with E-state index in [1.54, 1.807) is 0 Å². The molecule has 0 radical (unpaired) electrons. The van der Waals surface area contributed by atoms with Gasteiger partial charge in [-0.3, -0.25) is 4.79 Å². The molecular weight excluding hydrogens is 238 g/mol. The van der Waals surface area contributed by atoms with E-state index < -0.39 is 0 Å². The van der Waals surface area contributed by atoms with E-state index in [4.69, 9.17) is 4.74 Å². The van der Waals surface area contributed by atoms with Gasteiger partial charge in [-0.05, 0) is 29.9 Å². The first-order valence-corrected chi connectivity index (χ1v) is 7.30. The predicted molar refractivity (Wildman–Crippen MR) is 73.7 cm³/mol. The van der Waals surface area contributed by atoms with Crippen LogP contribution in [0.5, 0.6) is 0 Å². The van der Waals surface area contributed by atoms with Gasteiger partial charge in [0, 0.05) is 6.54 Å². The second-order valence-electron chi connectivity index (χ2n) is 5.66. The van der Waals surface area contributed by atoms with Crippen LogP contribution < -0.4 is 5.32 Å². The molecule has 0 bridgehead atoms. The van der Waals surface area contributed by atoms with Crippen molar-refractivity contribution >= 4 is 5.97 Å². The van der Waals surface area contributed by atoms with Crippen molar-refractivity contribution in [1.29, 1.82) is 0 Å². The van der Waals surface area contributed by atoms with Crippen LogP contribution >= 0.6 is 0 Å². The monoisotopic (exact) mass is 259 g/mol. The lowest BCUT2D eigenvalue weighted by atomic mass is 9.83. The molecule has 1 aliphatic carbocycles. The van der Waals surface area contributed by atoms with Crippen LogP contribution in [0.2, 0.25) is 0 Å². The molecule has 3 heteroatoms. The minimum atomic E-state index is -0.170. The molecule has 0 saturated heterocycles. The summed E-state index contributed by atoms with van der Waals surface area (Å²) in [6.07, 6.45) is 5.76.